The Labute approximate surface area is 169 Å². The third-order valence-corrected chi connectivity index (χ3v) is 5.58. The highest BCUT2D eigenvalue weighted by Gasteiger charge is 2.29. The highest BCUT2D eigenvalue weighted by atomic mass is 16.5. The molecule has 2 rings (SSSR count). The van der Waals surface area contributed by atoms with Crippen LogP contribution in [0.15, 0.2) is 24.3 Å². The fraction of sp³-hybridized carbons (Fsp3) is 0.652. The molecule has 0 saturated heterocycles. The molecule has 0 bridgehead atoms. The maximum absolute atomic E-state index is 13.2. The quantitative estimate of drug-likeness (QED) is 0.630. The second-order valence-corrected chi connectivity index (χ2v) is 8.15. The number of carbonyl (C=O) groups is 2. The molecule has 1 fully saturated rings. The van der Waals surface area contributed by atoms with Crippen molar-refractivity contribution in [1.29, 1.82) is 0 Å². The summed E-state index contributed by atoms with van der Waals surface area (Å²) >= 11 is 0. The molecular formula is C23H36N2O3. The lowest BCUT2D eigenvalue weighted by Gasteiger charge is -2.35. The topological polar surface area (TPSA) is 58.6 Å². The van der Waals surface area contributed by atoms with Crippen LogP contribution in [0.2, 0.25) is 0 Å². The fourth-order valence-corrected chi connectivity index (χ4v) is 3.94. The van der Waals surface area contributed by atoms with Crippen molar-refractivity contribution in [2.24, 2.45) is 5.92 Å². The summed E-state index contributed by atoms with van der Waals surface area (Å²) in [5.41, 5.74) is 1.29. The van der Waals surface area contributed by atoms with E-state index < -0.39 is 0 Å². The van der Waals surface area contributed by atoms with E-state index in [1.165, 1.54) is 26.4 Å². The van der Waals surface area contributed by atoms with Gasteiger partial charge >= 0.3 is 5.97 Å². The Hall–Kier alpha value is -2.04. The van der Waals surface area contributed by atoms with Crippen LogP contribution in [0.5, 0.6) is 0 Å². The summed E-state index contributed by atoms with van der Waals surface area (Å²) in [6, 6.07) is 7.41. The van der Waals surface area contributed by atoms with E-state index in [0.29, 0.717) is 17.9 Å². The minimum atomic E-state index is -0.368. The monoisotopic (exact) mass is 388 g/mol. The van der Waals surface area contributed by atoms with Gasteiger partial charge in [0.1, 0.15) is 6.04 Å². The van der Waals surface area contributed by atoms with Crippen molar-refractivity contribution in [2.45, 2.75) is 77.8 Å². The number of hydrogen-bond donors (Lipinski definition) is 1. The van der Waals surface area contributed by atoms with Crippen molar-refractivity contribution in [3.8, 4) is 0 Å². The molecule has 1 aromatic carbocycles. The van der Waals surface area contributed by atoms with E-state index >= 15 is 0 Å². The first kappa shape index (κ1) is 22.3. The molecule has 0 aliphatic heterocycles. The number of amides is 1. The summed E-state index contributed by atoms with van der Waals surface area (Å²) in [5, 5.41) is 3.27. The van der Waals surface area contributed by atoms with Crippen molar-refractivity contribution in [3.05, 3.63) is 29.8 Å². The number of hydrogen-bond acceptors (Lipinski definition) is 4. The van der Waals surface area contributed by atoms with Crippen LogP contribution in [-0.4, -0.2) is 37.6 Å². The maximum atomic E-state index is 13.2. The van der Waals surface area contributed by atoms with Gasteiger partial charge in [0.2, 0.25) is 5.91 Å². The molecule has 156 valence electrons. The lowest BCUT2D eigenvalue weighted by Crippen LogP contribution is -2.51. The van der Waals surface area contributed by atoms with E-state index in [0.717, 1.165) is 31.5 Å². The molecule has 1 aliphatic carbocycles. The molecule has 28 heavy (non-hydrogen) atoms. The van der Waals surface area contributed by atoms with E-state index in [1.807, 2.05) is 25.1 Å². The van der Waals surface area contributed by atoms with Gasteiger partial charge in [-0.05, 0) is 43.7 Å². The number of nitrogens with one attached hydrogen (secondary N) is 1. The molecule has 1 amide bonds. The van der Waals surface area contributed by atoms with Gasteiger partial charge in [-0.1, -0.05) is 52.2 Å². The molecule has 5 heteroatoms. The molecule has 0 radical (unpaired) electrons. The Balaban J connectivity index is 2.29. The summed E-state index contributed by atoms with van der Waals surface area (Å²) in [4.78, 5) is 27.6. The normalized spacial score (nSPS) is 15.9. The third kappa shape index (κ3) is 5.98. The third-order valence-electron chi connectivity index (χ3n) is 5.58. The lowest BCUT2D eigenvalue weighted by molar-refractivity contribution is -0.123. The molecule has 0 spiro atoms. The van der Waals surface area contributed by atoms with Gasteiger partial charge in [0.25, 0.3) is 0 Å². The molecule has 0 heterocycles. The van der Waals surface area contributed by atoms with Crippen LogP contribution in [0.1, 0.15) is 76.1 Å². The fourth-order valence-electron chi connectivity index (χ4n) is 3.94. The standard InChI is InChI=1S/C23H36N2O3/c1-5-20(22(26)24-18-11-7-6-8-12-18)25(16-15-17(2)3)21-14-10-9-13-19(21)23(27)28-4/h9-10,13-14,17-18,20H,5-8,11-12,15-16H2,1-4H3,(H,24,26). The van der Waals surface area contributed by atoms with Crippen molar-refractivity contribution in [3.63, 3.8) is 0 Å². The largest absolute Gasteiger partial charge is 0.465 e. The smallest absolute Gasteiger partial charge is 0.339 e. The zero-order chi connectivity index (χ0) is 20.5. The van der Waals surface area contributed by atoms with Crippen LogP contribution in [0.25, 0.3) is 0 Å². The minimum absolute atomic E-state index is 0.0674. The van der Waals surface area contributed by atoms with Crippen LogP contribution in [0.4, 0.5) is 5.69 Å². The Morgan fingerprint density at radius 1 is 1.18 bits per heavy atom. The number of ether oxygens (including phenoxy) is 1. The zero-order valence-corrected chi connectivity index (χ0v) is 17.9. The summed E-state index contributed by atoms with van der Waals surface area (Å²) in [6.45, 7) is 7.11. The van der Waals surface area contributed by atoms with Gasteiger partial charge in [0, 0.05) is 12.6 Å². The first-order chi connectivity index (χ1) is 13.5. The Kier molecular flexibility index (Phi) is 8.81. The number of carbonyl (C=O) groups excluding carboxylic acids is 2. The summed E-state index contributed by atoms with van der Waals surface area (Å²) in [6.07, 6.45) is 7.39. The Bertz CT molecular complexity index is 638. The number of methoxy groups -OCH3 is 1. The Morgan fingerprint density at radius 2 is 1.86 bits per heavy atom. The molecule has 0 aromatic heterocycles. The summed E-state index contributed by atoms with van der Waals surface area (Å²) in [7, 11) is 1.39. The average Bonchev–Trinajstić information content (AvgIpc) is 2.71. The summed E-state index contributed by atoms with van der Waals surface area (Å²) in [5.74, 6) is 0.206. The van der Waals surface area contributed by atoms with Gasteiger partial charge in [-0.15, -0.1) is 0 Å². The molecule has 1 unspecified atom stereocenters. The average molecular weight is 389 g/mol. The van der Waals surface area contributed by atoms with Gasteiger partial charge in [-0.2, -0.15) is 0 Å². The molecule has 1 N–H and O–H groups in total. The van der Waals surface area contributed by atoms with E-state index in [-0.39, 0.29) is 24.0 Å². The number of nitrogens with zero attached hydrogens (tertiary/aromatic N) is 1. The molecule has 1 saturated carbocycles. The van der Waals surface area contributed by atoms with E-state index in [1.54, 1.807) is 6.07 Å². The summed E-state index contributed by atoms with van der Waals surface area (Å²) < 4.78 is 4.98. The molecule has 1 aromatic rings. The predicted octanol–water partition coefficient (Wildman–Crippen LogP) is 4.55. The van der Waals surface area contributed by atoms with Crippen LogP contribution in [0.3, 0.4) is 0 Å². The van der Waals surface area contributed by atoms with E-state index in [9.17, 15) is 9.59 Å². The number of para-hydroxylation sites is 1. The van der Waals surface area contributed by atoms with E-state index in [4.69, 9.17) is 4.74 Å². The second-order valence-electron chi connectivity index (χ2n) is 8.15. The lowest BCUT2D eigenvalue weighted by atomic mass is 9.95. The van der Waals surface area contributed by atoms with Crippen LogP contribution in [0, 0.1) is 5.92 Å². The van der Waals surface area contributed by atoms with Crippen molar-refractivity contribution in [2.75, 3.05) is 18.6 Å². The van der Waals surface area contributed by atoms with Crippen LogP contribution in [-0.2, 0) is 9.53 Å². The minimum Gasteiger partial charge on any atom is -0.465 e. The van der Waals surface area contributed by atoms with Gasteiger partial charge in [0.15, 0.2) is 0 Å². The predicted molar refractivity (Wildman–Crippen MR) is 114 cm³/mol. The Morgan fingerprint density at radius 3 is 2.46 bits per heavy atom. The maximum Gasteiger partial charge on any atom is 0.339 e. The van der Waals surface area contributed by atoms with Crippen molar-refractivity contribution >= 4 is 17.6 Å². The second kappa shape index (κ2) is 11.1. The highest BCUT2D eigenvalue weighted by molar-refractivity contribution is 5.97. The molecule has 5 nitrogen and oxygen atoms in total. The van der Waals surface area contributed by atoms with Crippen LogP contribution < -0.4 is 10.2 Å². The number of rotatable bonds is 9. The number of benzene rings is 1. The number of esters is 1. The first-order valence-electron chi connectivity index (χ1n) is 10.7. The first-order valence-corrected chi connectivity index (χ1v) is 10.7. The van der Waals surface area contributed by atoms with Crippen molar-refractivity contribution < 1.29 is 14.3 Å². The molecule has 1 aliphatic rings. The SMILES string of the molecule is CCC(C(=O)NC1CCCCC1)N(CCC(C)C)c1ccccc1C(=O)OC. The highest BCUT2D eigenvalue weighted by Crippen LogP contribution is 2.26. The van der Waals surface area contributed by atoms with Gasteiger partial charge < -0.3 is 15.0 Å². The molecular weight excluding hydrogens is 352 g/mol. The van der Waals surface area contributed by atoms with Crippen LogP contribution >= 0.6 is 0 Å². The zero-order valence-electron chi connectivity index (χ0n) is 17.9. The van der Waals surface area contributed by atoms with E-state index in [2.05, 4.69) is 24.1 Å². The van der Waals surface area contributed by atoms with Crippen molar-refractivity contribution in [1.82, 2.24) is 5.32 Å². The van der Waals surface area contributed by atoms with Gasteiger partial charge in [-0.3, -0.25) is 4.79 Å². The molecule has 1 atom stereocenters. The number of anilines is 1. The van der Waals surface area contributed by atoms with Gasteiger partial charge in [0.05, 0.1) is 18.4 Å². The van der Waals surface area contributed by atoms with Gasteiger partial charge in [-0.25, -0.2) is 4.79 Å².